The third-order valence-electron chi connectivity index (χ3n) is 5.37. The SMILES string of the molecule is CCc1cccc2c(C=NN3C(=O)NC4(CCCCC4)C3=O)c[nH]c12. The summed E-state index contributed by atoms with van der Waals surface area (Å²) in [5.41, 5.74) is 2.44. The number of H-pyrrole nitrogens is 1. The predicted octanol–water partition coefficient (Wildman–Crippen LogP) is 3.32. The fourth-order valence-electron chi connectivity index (χ4n) is 3.97. The molecule has 1 aliphatic heterocycles. The molecule has 1 saturated heterocycles. The lowest BCUT2D eigenvalue weighted by Crippen LogP contribution is -2.48. The van der Waals surface area contributed by atoms with Crippen molar-refractivity contribution in [1.29, 1.82) is 0 Å². The molecule has 0 unspecified atom stereocenters. The van der Waals surface area contributed by atoms with Crippen LogP contribution in [0.4, 0.5) is 4.79 Å². The first-order valence-electron chi connectivity index (χ1n) is 8.94. The summed E-state index contributed by atoms with van der Waals surface area (Å²) >= 11 is 0. The zero-order valence-corrected chi connectivity index (χ0v) is 14.3. The lowest BCUT2D eigenvalue weighted by atomic mass is 9.82. The van der Waals surface area contributed by atoms with E-state index in [0.717, 1.165) is 47.2 Å². The molecule has 1 aromatic heterocycles. The summed E-state index contributed by atoms with van der Waals surface area (Å²) < 4.78 is 0. The van der Waals surface area contributed by atoms with Gasteiger partial charge in [-0.25, -0.2) is 4.79 Å². The molecular weight excluding hydrogens is 316 g/mol. The van der Waals surface area contributed by atoms with Crippen molar-refractivity contribution in [3.63, 3.8) is 0 Å². The second kappa shape index (κ2) is 6.02. The van der Waals surface area contributed by atoms with Gasteiger partial charge in [0, 0.05) is 22.7 Å². The number of para-hydroxylation sites is 1. The van der Waals surface area contributed by atoms with Crippen LogP contribution in [0.15, 0.2) is 29.5 Å². The fraction of sp³-hybridized carbons (Fsp3) is 0.421. The lowest BCUT2D eigenvalue weighted by molar-refractivity contribution is -0.132. The van der Waals surface area contributed by atoms with Crippen LogP contribution in [0.25, 0.3) is 10.9 Å². The maximum Gasteiger partial charge on any atom is 0.346 e. The number of hydrazone groups is 1. The second-order valence-corrected chi connectivity index (χ2v) is 6.87. The molecule has 0 radical (unpaired) electrons. The molecule has 0 bridgehead atoms. The Balaban J connectivity index is 1.62. The summed E-state index contributed by atoms with van der Waals surface area (Å²) in [5, 5.41) is 9.12. The van der Waals surface area contributed by atoms with Crippen LogP contribution in [0, 0.1) is 0 Å². The van der Waals surface area contributed by atoms with E-state index in [1.165, 1.54) is 5.56 Å². The maximum atomic E-state index is 12.7. The summed E-state index contributed by atoms with van der Waals surface area (Å²) in [6.45, 7) is 2.11. The molecule has 2 N–H and O–H groups in total. The van der Waals surface area contributed by atoms with Crippen molar-refractivity contribution in [2.24, 2.45) is 5.10 Å². The summed E-state index contributed by atoms with van der Waals surface area (Å²) in [7, 11) is 0. The average molecular weight is 338 g/mol. The Morgan fingerprint density at radius 2 is 2.04 bits per heavy atom. The molecule has 2 aliphatic rings. The molecule has 2 fully saturated rings. The van der Waals surface area contributed by atoms with Gasteiger partial charge in [0.25, 0.3) is 5.91 Å². The van der Waals surface area contributed by atoms with Crippen LogP contribution in [0.1, 0.15) is 50.2 Å². The number of hydrogen-bond acceptors (Lipinski definition) is 3. The summed E-state index contributed by atoms with van der Waals surface area (Å²) in [5.74, 6) is -0.220. The number of imide groups is 1. The molecule has 6 nitrogen and oxygen atoms in total. The number of nitrogens with zero attached hydrogens (tertiary/aromatic N) is 2. The molecule has 6 heteroatoms. The summed E-state index contributed by atoms with van der Waals surface area (Å²) in [4.78, 5) is 28.3. The summed E-state index contributed by atoms with van der Waals surface area (Å²) in [6, 6.07) is 5.69. The third-order valence-corrected chi connectivity index (χ3v) is 5.37. The van der Waals surface area contributed by atoms with E-state index >= 15 is 0 Å². The lowest BCUT2D eigenvalue weighted by Gasteiger charge is -2.29. The predicted molar refractivity (Wildman–Crippen MR) is 96.5 cm³/mol. The molecule has 25 heavy (non-hydrogen) atoms. The maximum absolute atomic E-state index is 12.7. The Morgan fingerprint density at radius 1 is 1.24 bits per heavy atom. The van der Waals surface area contributed by atoms with Crippen molar-refractivity contribution >= 4 is 29.1 Å². The molecule has 1 saturated carbocycles. The van der Waals surface area contributed by atoms with Crippen LogP contribution >= 0.6 is 0 Å². The van der Waals surface area contributed by atoms with E-state index in [2.05, 4.69) is 28.4 Å². The van der Waals surface area contributed by atoms with Crippen molar-refractivity contribution in [3.05, 3.63) is 35.5 Å². The molecule has 2 heterocycles. The number of aryl methyl sites for hydroxylation is 1. The Kier molecular flexibility index (Phi) is 3.82. The monoisotopic (exact) mass is 338 g/mol. The number of carbonyl (C=O) groups excluding carboxylic acids is 2. The first-order chi connectivity index (χ1) is 12.1. The van der Waals surface area contributed by atoms with Crippen LogP contribution in [0.3, 0.4) is 0 Å². The minimum absolute atomic E-state index is 0.220. The zero-order valence-electron chi connectivity index (χ0n) is 14.3. The third kappa shape index (κ3) is 2.52. The van der Waals surface area contributed by atoms with E-state index < -0.39 is 11.6 Å². The summed E-state index contributed by atoms with van der Waals surface area (Å²) in [6.07, 6.45) is 8.84. The van der Waals surface area contributed by atoms with Gasteiger partial charge in [0.2, 0.25) is 0 Å². The second-order valence-electron chi connectivity index (χ2n) is 6.87. The molecule has 1 aliphatic carbocycles. The standard InChI is InChI=1S/C19H22N4O2/c1-2-13-7-6-8-15-14(11-20-16(13)15)12-21-23-17(24)19(22-18(23)25)9-4-3-5-10-19/h6-8,11-12,20H,2-5,9-10H2,1H3,(H,22,25). The van der Waals surface area contributed by atoms with Crippen molar-refractivity contribution in [1.82, 2.24) is 15.3 Å². The average Bonchev–Trinajstić information content (AvgIpc) is 3.14. The Labute approximate surface area is 146 Å². The molecule has 0 atom stereocenters. The Morgan fingerprint density at radius 3 is 2.80 bits per heavy atom. The van der Waals surface area contributed by atoms with Gasteiger partial charge in [0.1, 0.15) is 5.54 Å². The smallest absolute Gasteiger partial charge is 0.346 e. The number of aromatic amines is 1. The van der Waals surface area contributed by atoms with Crippen LogP contribution < -0.4 is 5.32 Å². The van der Waals surface area contributed by atoms with Gasteiger partial charge in [-0.05, 0) is 24.8 Å². The topological polar surface area (TPSA) is 77.6 Å². The molecule has 3 amide bonds. The Hall–Kier alpha value is -2.63. The number of amides is 3. The number of hydrogen-bond donors (Lipinski definition) is 2. The largest absolute Gasteiger partial charge is 0.360 e. The quantitative estimate of drug-likeness (QED) is 0.665. The Bertz CT molecular complexity index is 861. The molecule has 2 aromatic rings. The van der Waals surface area contributed by atoms with Crippen molar-refractivity contribution in [2.75, 3.05) is 0 Å². The molecule has 1 aromatic carbocycles. The van der Waals surface area contributed by atoms with Crippen LogP contribution in [0.5, 0.6) is 0 Å². The van der Waals surface area contributed by atoms with Gasteiger partial charge in [0.05, 0.1) is 6.21 Å². The number of fused-ring (bicyclic) bond motifs is 1. The van der Waals surface area contributed by atoms with E-state index in [4.69, 9.17) is 0 Å². The highest BCUT2D eigenvalue weighted by molar-refractivity contribution is 6.08. The minimum Gasteiger partial charge on any atom is -0.360 e. The number of nitrogens with one attached hydrogen (secondary N) is 2. The number of aromatic nitrogens is 1. The fourth-order valence-corrected chi connectivity index (χ4v) is 3.97. The van der Waals surface area contributed by atoms with Gasteiger partial charge in [-0.1, -0.05) is 44.4 Å². The van der Waals surface area contributed by atoms with Gasteiger partial charge < -0.3 is 10.3 Å². The zero-order chi connectivity index (χ0) is 17.4. The van der Waals surface area contributed by atoms with Gasteiger partial charge in [-0.2, -0.15) is 5.10 Å². The molecular formula is C19H22N4O2. The normalized spacial score (nSPS) is 20.1. The van der Waals surface area contributed by atoms with Gasteiger partial charge >= 0.3 is 6.03 Å². The minimum atomic E-state index is -0.734. The first kappa shape index (κ1) is 15.9. The van der Waals surface area contributed by atoms with Gasteiger partial charge in [-0.3, -0.25) is 4.79 Å². The van der Waals surface area contributed by atoms with Crippen LogP contribution in [-0.4, -0.2) is 33.7 Å². The van der Waals surface area contributed by atoms with E-state index in [-0.39, 0.29) is 5.91 Å². The van der Waals surface area contributed by atoms with Crippen molar-refractivity contribution in [2.45, 2.75) is 51.0 Å². The number of urea groups is 1. The highest BCUT2D eigenvalue weighted by atomic mass is 16.2. The van der Waals surface area contributed by atoms with Gasteiger partial charge in [0.15, 0.2) is 0 Å². The number of rotatable bonds is 3. The van der Waals surface area contributed by atoms with Crippen LogP contribution in [-0.2, 0) is 11.2 Å². The van der Waals surface area contributed by atoms with E-state index in [9.17, 15) is 9.59 Å². The van der Waals surface area contributed by atoms with E-state index in [1.54, 1.807) is 6.21 Å². The molecule has 1 spiro atoms. The van der Waals surface area contributed by atoms with Gasteiger partial charge in [-0.15, -0.1) is 5.01 Å². The van der Waals surface area contributed by atoms with E-state index in [0.29, 0.717) is 12.8 Å². The molecule has 130 valence electrons. The highest BCUT2D eigenvalue weighted by Crippen LogP contribution is 2.33. The molecule has 4 rings (SSSR count). The number of carbonyl (C=O) groups is 2. The van der Waals surface area contributed by atoms with E-state index in [1.807, 2.05) is 18.3 Å². The number of benzene rings is 1. The van der Waals surface area contributed by atoms with Crippen molar-refractivity contribution in [3.8, 4) is 0 Å². The first-order valence-corrected chi connectivity index (χ1v) is 8.94. The highest BCUT2D eigenvalue weighted by Gasteiger charge is 2.51. The van der Waals surface area contributed by atoms with Crippen molar-refractivity contribution < 1.29 is 9.59 Å². The van der Waals surface area contributed by atoms with Crippen LogP contribution in [0.2, 0.25) is 0 Å².